The van der Waals surface area contributed by atoms with Gasteiger partial charge in [0, 0.05) is 30.1 Å². The number of ketones is 1. The molecule has 32 heavy (non-hydrogen) atoms. The highest BCUT2D eigenvalue weighted by Crippen LogP contribution is 2.33. The second-order valence-corrected chi connectivity index (χ2v) is 10.7. The molecule has 2 unspecified atom stereocenters. The summed E-state index contributed by atoms with van der Waals surface area (Å²) in [6.45, 7) is 8.74. The number of carbonyl (C=O) groups is 3. The normalized spacial score (nSPS) is 21.6. The number of Topliss-reactive ketones (excluding diaryl/α,β-unsaturated/α-hetero) is 1. The van der Waals surface area contributed by atoms with Gasteiger partial charge in [-0.2, -0.15) is 0 Å². The maximum Gasteiger partial charge on any atom is 0.315 e. The SMILES string of the molecule is CC1CCCN1C(=O)C(NC(=O)NC1(CC(=O)c2ccccc2)CCCCC1)C(C)(C)C. The zero-order chi connectivity index (χ0) is 23.4. The van der Waals surface area contributed by atoms with Crippen LogP contribution in [0.2, 0.25) is 0 Å². The fourth-order valence-electron chi connectivity index (χ4n) is 5.09. The van der Waals surface area contributed by atoms with Crippen molar-refractivity contribution in [3.8, 4) is 0 Å². The zero-order valence-corrected chi connectivity index (χ0v) is 20.1. The lowest BCUT2D eigenvalue weighted by Crippen LogP contribution is -2.61. The van der Waals surface area contributed by atoms with Gasteiger partial charge in [-0.25, -0.2) is 4.79 Å². The van der Waals surface area contributed by atoms with Crippen molar-refractivity contribution >= 4 is 17.7 Å². The Morgan fingerprint density at radius 3 is 2.28 bits per heavy atom. The minimum Gasteiger partial charge on any atom is -0.338 e. The van der Waals surface area contributed by atoms with Crippen LogP contribution in [0.5, 0.6) is 0 Å². The van der Waals surface area contributed by atoms with Crippen molar-refractivity contribution in [1.29, 1.82) is 0 Å². The van der Waals surface area contributed by atoms with Crippen molar-refractivity contribution in [3.63, 3.8) is 0 Å². The molecule has 2 aliphatic rings. The minimum atomic E-state index is -0.617. The van der Waals surface area contributed by atoms with E-state index in [1.165, 1.54) is 0 Å². The zero-order valence-electron chi connectivity index (χ0n) is 20.1. The molecule has 1 aromatic rings. The quantitative estimate of drug-likeness (QED) is 0.629. The van der Waals surface area contributed by atoms with E-state index >= 15 is 0 Å². The van der Waals surface area contributed by atoms with Crippen molar-refractivity contribution in [2.24, 2.45) is 5.41 Å². The van der Waals surface area contributed by atoms with Crippen LogP contribution in [0.3, 0.4) is 0 Å². The van der Waals surface area contributed by atoms with Gasteiger partial charge in [0.25, 0.3) is 0 Å². The number of carbonyl (C=O) groups excluding carboxylic acids is 3. The van der Waals surface area contributed by atoms with Crippen LogP contribution in [0.15, 0.2) is 30.3 Å². The van der Waals surface area contributed by atoms with E-state index in [4.69, 9.17) is 0 Å². The van der Waals surface area contributed by atoms with Gasteiger partial charge >= 0.3 is 6.03 Å². The fraction of sp³-hybridized carbons (Fsp3) is 0.654. The molecule has 6 heteroatoms. The molecule has 1 aliphatic heterocycles. The van der Waals surface area contributed by atoms with Crippen LogP contribution in [0.25, 0.3) is 0 Å². The number of nitrogens with zero attached hydrogens (tertiary/aromatic N) is 1. The van der Waals surface area contributed by atoms with Crippen LogP contribution in [0.1, 0.15) is 89.4 Å². The van der Waals surface area contributed by atoms with Gasteiger partial charge in [-0.3, -0.25) is 9.59 Å². The molecule has 2 fully saturated rings. The first-order chi connectivity index (χ1) is 15.1. The molecule has 1 saturated carbocycles. The van der Waals surface area contributed by atoms with E-state index in [-0.39, 0.29) is 30.2 Å². The molecule has 0 radical (unpaired) electrons. The number of nitrogens with one attached hydrogen (secondary N) is 2. The topological polar surface area (TPSA) is 78.5 Å². The van der Waals surface area contributed by atoms with Crippen LogP contribution in [0, 0.1) is 5.41 Å². The fourth-order valence-corrected chi connectivity index (χ4v) is 5.09. The van der Waals surface area contributed by atoms with E-state index in [0.717, 1.165) is 51.5 Å². The van der Waals surface area contributed by atoms with E-state index in [9.17, 15) is 14.4 Å². The average molecular weight is 442 g/mol. The van der Waals surface area contributed by atoms with Crippen LogP contribution >= 0.6 is 0 Å². The number of likely N-dealkylation sites (tertiary alicyclic amines) is 1. The van der Waals surface area contributed by atoms with Crippen molar-refractivity contribution in [1.82, 2.24) is 15.5 Å². The summed E-state index contributed by atoms with van der Waals surface area (Å²) >= 11 is 0. The molecule has 3 amide bonds. The molecule has 2 atom stereocenters. The summed E-state index contributed by atoms with van der Waals surface area (Å²) in [6.07, 6.45) is 6.90. The molecule has 1 saturated heterocycles. The maximum atomic E-state index is 13.3. The van der Waals surface area contributed by atoms with Crippen LogP contribution < -0.4 is 10.6 Å². The lowest BCUT2D eigenvalue weighted by atomic mass is 9.77. The molecular weight excluding hydrogens is 402 g/mol. The Hall–Kier alpha value is -2.37. The molecule has 0 aromatic heterocycles. The Bertz CT molecular complexity index is 809. The summed E-state index contributed by atoms with van der Waals surface area (Å²) in [5.74, 6) is 0.0258. The van der Waals surface area contributed by atoms with Gasteiger partial charge < -0.3 is 15.5 Å². The first-order valence-electron chi connectivity index (χ1n) is 12.1. The van der Waals surface area contributed by atoms with Gasteiger partial charge in [-0.1, -0.05) is 70.4 Å². The monoisotopic (exact) mass is 441 g/mol. The number of hydrogen-bond acceptors (Lipinski definition) is 3. The van der Waals surface area contributed by atoms with Crippen LogP contribution in [-0.4, -0.2) is 46.8 Å². The third kappa shape index (κ3) is 5.90. The Morgan fingerprint density at radius 2 is 1.72 bits per heavy atom. The highest BCUT2D eigenvalue weighted by molar-refractivity contribution is 5.97. The van der Waals surface area contributed by atoms with Gasteiger partial charge in [-0.15, -0.1) is 0 Å². The standard InChI is InChI=1S/C26H39N3O3/c1-19-12-11-17-29(19)23(31)22(25(2,3)4)27-24(32)28-26(15-9-6-10-16-26)18-21(30)20-13-7-5-8-14-20/h5,7-8,13-14,19,22H,6,9-12,15-18H2,1-4H3,(H2,27,28,32). The number of urea groups is 1. The highest BCUT2D eigenvalue weighted by Gasteiger charge is 2.41. The van der Waals surface area contributed by atoms with Crippen molar-refractivity contribution in [2.75, 3.05) is 6.54 Å². The summed E-state index contributed by atoms with van der Waals surface area (Å²) in [5.41, 5.74) is -0.316. The second-order valence-electron chi connectivity index (χ2n) is 10.7. The first kappa shape index (κ1) is 24.3. The van der Waals surface area contributed by atoms with Crippen LogP contribution in [-0.2, 0) is 4.79 Å². The molecule has 176 valence electrons. The number of benzene rings is 1. The minimum absolute atomic E-state index is 0.0179. The van der Waals surface area contributed by atoms with Crippen molar-refractivity contribution < 1.29 is 14.4 Å². The Kier molecular flexibility index (Phi) is 7.63. The van der Waals surface area contributed by atoms with E-state index in [1.807, 2.05) is 56.0 Å². The molecule has 1 aliphatic carbocycles. The lowest BCUT2D eigenvalue weighted by Gasteiger charge is -2.40. The van der Waals surface area contributed by atoms with Gasteiger partial charge in [0.2, 0.25) is 5.91 Å². The molecule has 0 spiro atoms. The summed E-state index contributed by atoms with van der Waals surface area (Å²) in [5, 5.41) is 6.14. The van der Waals surface area contributed by atoms with Gasteiger partial charge in [0.15, 0.2) is 5.78 Å². The third-order valence-electron chi connectivity index (χ3n) is 7.01. The second kappa shape index (κ2) is 10.1. The van der Waals surface area contributed by atoms with Crippen molar-refractivity contribution in [2.45, 2.75) is 96.7 Å². The van der Waals surface area contributed by atoms with Gasteiger partial charge in [-0.05, 0) is 38.0 Å². The summed E-state index contributed by atoms with van der Waals surface area (Å²) in [7, 11) is 0. The average Bonchev–Trinajstić information content (AvgIpc) is 3.18. The Labute approximate surface area is 192 Å². The largest absolute Gasteiger partial charge is 0.338 e. The Balaban J connectivity index is 1.73. The van der Waals surface area contributed by atoms with Crippen molar-refractivity contribution in [3.05, 3.63) is 35.9 Å². The molecule has 1 heterocycles. The first-order valence-corrected chi connectivity index (χ1v) is 12.1. The van der Waals surface area contributed by atoms with Gasteiger partial charge in [0.1, 0.15) is 6.04 Å². The van der Waals surface area contributed by atoms with E-state index in [1.54, 1.807) is 0 Å². The molecule has 6 nitrogen and oxygen atoms in total. The Morgan fingerprint density at radius 1 is 1.06 bits per heavy atom. The molecule has 3 rings (SSSR count). The molecule has 1 aromatic carbocycles. The summed E-state index contributed by atoms with van der Waals surface area (Å²) in [6, 6.07) is 8.49. The lowest BCUT2D eigenvalue weighted by molar-refractivity contribution is -0.136. The van der Waals surface area contributed by atoms with E-state index < -0.39 is 17.0 Å². The highest BCUT2D eigenvalue weighted by atomic mass is 16.2. The predicted molar refractivity (Wildman–Crippen MR) is 127 cm³/mol. The maximum absolute atomic E-state index is 13.3. The molecule has 0 bridgehead atoms. The number of hydrogen-bond donors (Lipinski definition) is 2. The number of rotatable bonds is 6. The summed E-state index contributed by atoms with van der Waals surface area (Å²) < 4.78 is 0. The third-order valence-corrected chi connectivity index (χ3v) is 7.01. The molecular formula is C26H39N3O3. The smallest absolute Gasteiger partial charge is 0.315 e. The van der Waals surface area contributed by atoms with Gasteiger partial charge in [0.05, 0.1) is 0 Å². The van der Waals surface area contributed by atoms with Crippen LogP contribution in [0.4, 0.5) is 4.79 Å². The van der Waals surface area contributed by atoms with E-state index in [0.29, 0.717) is 5.56 Å². The molecule has 2 N–H and O–H groups in total. The number of amides is 3. The summed E-state index contributed by atoms with van der Waals surface area (Å²) in [4.78, 5) is 41.4. The predicted octanol–water partition coefficient (Wildman–Crippen LogP) is 4.69. The van der Waals surface area contributed by atoms with E-state index in [2.05, 4.69) is 17.6 Å².